The number of benzene rings is 1. The van der Waals surface area contributed by atoms with Gasteiger partial charge in [0.25, 0.3) is 5.91 Å². The molecule has 2 aromatic heterocycles. The average Bonchev–Trinajstić information content (AvgIpc) is 3.28. The minimum atomic E-state index is 0.00775. The zero-order valence-corrected chi connectivity index (χ0v) is 19.0. The highest BCUT2D eigenvalue weighted by Crippen LogP contribution is 2.28. The van der Waals surface area contributed by atoms with Gasteiger partial charge in [-0.3, -0.25) is 4.79 Å². The number of rotatable bonds is 4. The number of para-hydroxylation sites is 2. The summed E-state index contributed by atoms with van der Waals surface area (Å²) < 4.78 is 0. The molecule has 2 saturated heterocycles. The SMILES string of the molecule is CC(C)c1cc(C(=O)N2CCCC(c3nc4ccccc4[nH]3)C2)nc(N2CCCCC2)n1. The molecule has 1 aromatic carbocycles. The minimum Gasteiger partial charge on any atom is -0.342 e. The van der Waals surface area contributed by atoms with E-state index in [4.69, 9.17) is 15.0 Å². The van der Waals surface area contributed by atoms with Crippen LogP contribution in [0.2, 0.25) is 0 Å². The van der Waals surface area contributed by atoms with Crippen molar-refractivity contribution in [3.8, 4) is 0 Å². The molecule has 2 fully saturated rings. The molecule has 0 spiro atoms. The summed E-state index contributed by atoms with van der Waals surface area (Å²) in [6.07, 6.45) is 5.56. The van der Waals surface area contributed by atoms with Gasteiger partial charge in [-0.1, -0.05) is 26.0 Å². The van der Waals surface area contributed by atoms with Crippen molar-refractivity contribution in [1.82, 2.24) is 24.8 Å². The second-order valence-electron chi connectivity index (χ2n) is 9.41. The van der Waals surface area contributed by atoms with Gasteiger partial charge in [-0.2, -0.15) is 0 Å². The van der Waals surface area contributed by atoms with E-state index in [-0.39, 0.29) is 17.7 Å². The standard InChI is InChI=1S/C25H32N6O/c1-17(2)21-15-22(29-25(28-21)30-12-6-3-7-13-30)24(32)31-14-8-9-18(16-31)23-26-19-10-4-5-11-20(19)27-23/h4-5,10-11,15,17-18H,3,6-9,12-14,16H2,1-2H3,(H,26,27). The van der Waals surface area contributed by atoms with Crippen LogP contribution in [-0.2, 0) is 0 Å². The first-order valence-electron chi connectivity index (χ1n) is 12.0. The van der Waals surface area contributed by atoms with Crippen molar-refractivity contribution in [3.05, 3.63) is 47.5 Å². The van der Waals surface area contributed by atoms with E-state index in [1.165, 1.54) is 6.42 Å². The quantitative estimate of drug-likeness (QED) is 0.657. The van der Waals surface area contributed by atoms with Gasteiger partial charge in [0.15, 0.2) is 0 Å². The third-order valence-electron chi connectivity index (χ3n) is 6.69. The van der Waals surface area contributed by atoms with Gasteiger partial charge in [-0.15, -0.1) is 0 Å². The van der Waals surface area contributed by atoms with E-state index in [0.717, 1.165) is 67.9 Å². The van der Waals surface area contributed by atoms with E-state index in [1.807, 2.05) is 35.2 Å². The number of nitrogens with zero attached hydrogens (tertiary/aromatic N) is 5. The van der Waals surface area contributed by atoms with Crippen LogP contribution < -0.4 is 4.90 Å². The molecule has 5 rings (SSSR count). The number of likely N-dealkylation sites (tertiary alicyclic amines) is 1. The van der Waals surface area contributed by atoms with Crippen molar-refractivity contribution in [3.63, 3.8) is 0 Å². The number of H-pyrrole nitrogens is 1. The second-order valence-corrected chi connectivity index (χ2v) is 9.41. The lowest BCUT2D eigenvalue weighted by molar-refractivity contribution is 0.0698. The number of aromatic amines is 1. The number of piperidine rings is 2. The number of amides is 1. The number of anilines is 1. The van der Waals surface area contributed by atoms with Crippen molar-refractivity contribution < 1.29 is 4.79 Å². The number of carbonyl (C=O) groups is 1. The zero-order valence-electron chi connectivity index (χ0n) is 19.0. The van der Waals surface area contributed by atoms with Crippen molar-refractivity contribution in [2.24, 2.45) is 0 Å². The second kappa shape index (κ2) is 8.88. The molecule has 7 nitrogen and oxygen atoms in total. The molecule has 1 N–H and O–H groups in total. The third kappa shape index (κ3) is 4.20. The summed E-state index contributed by atoms with van der Waals surface area (Å²) in [4.78, 5) is 35.5. The Morgan fingerprint density at radius 2 is 1.84 bits per heavy atom. The van der Waals surface area contributed by atoms with Crippen LogP contribution in [0.3, 0.4) is 0 Å². The highest BCUT2D eigenvalue weighted by atomic mass is 16.2. The summed E-state index contributed by atoms with van der Waals surface area (Å²) in [6.45, 7) is 7.60. The smallest absolute Gasteiger partial charge is 0.272 e. The van der Waals surface area contributed by atoms with E-state index in [2.05, 4.69) is 23.7 Å². The largest absolute Gasteiger partial charge is 0.342 e. The number of nitrogens with one attached hydrogen (secondary N) is 1. The summed E-state index contributed by atoms with van der Waals surface area (Å²) in [5, 5.41) is 0. The summed E-state index contributed by atoms with van der Waals surface area (Å²) in [5.41, 5.74) is 3.49. The Morgan fingerprint density at radius 3 is 2.62 bits per heavy atom. The lowest BCUT2D eigenvalue weighted by Gasteiger charge is -2.32. The Balaban J connectivity index is 1.39. The molecule has 0 bridgehead atoms. The van der Waals surface area contributed by atoms with Gasteiger partial charge < -0.3 is 14.8 Å². The molecule has 3 aromatic rings. The fraction of sp³-hybridized carbons (Fsp3) is 0.520. The Hall–Kier alpha value is -2.96. The van der Waals surface area contributed by atoms with Crippen LogP contribution in [0.5, 0.6) is 0 Å². The molecule has 7 heteroatoms. The highest BCUT2D eigenvalue weighted by Gasteiger charge is 2.29. The molecule has 2 aliphatic heterocycles. The topological polar surface area (TPSA) is 78.0 Å². The van der Waals surface area contributed by atoms with E-state index in [1.54, 1.807) is 0 Å². The number of carbonyl (C=O) groups excluding carboxylic acids is 1. The number of hydrogen-bond acceptors (Lipinski definition) is 5. The summed E-state index contributed by atoms with van der Waals surface area (Å²) in [5.74, 6) is 2.16. The molecule has 32 heavy (non-hydrogen) atoms. The number of imidazole rings is 1. The fourth-order valence-electron chi connectivity index (χ4n) is 4.81. The Labute approximate surface area is 189 Å². The minimum absolute atomic E-state index is 0.00775. The first kappa shape index (κ1) is 20.9. The summed E-state index contributed by atoms with van der Waals surface area (Å²) >= 11 is 0. The van der Waals surface area contributed by atoms with Gasteiger partial charge in [-0.25, -0.2) is 15.0 Å². The molecular formula is C25H32N6O. The van der Waals surface area contributed by atoms with Crippen LogP contribution >= 0.6 is 0 Å². The zero-order chi connectivity index (χ0) is 22.1. The molecule has 168 valence electrons. The lowest BCUT2D eigenvalue weighted by atomic mass is 9.97. The molecule has 0 saturated carbocycles. The van der Waals surface area contributed by atoms with Crippen LogP contribution in [0, 0.1) is 0 Å². The monoisotopic (exact) mass is 432 g/mol. The van der Waals surface area contributed by atoms with E-state index in [9.17, 15) is 4.79 Å². The van der Waals surface area contributed by atoms with Gasteiger partial charge in [0.05, 0.1) is 11.0 Å². The lowest BCUT2D eigenvalue weighted by Crippen LogP contribution is -2.40. The molecule has 0 aliphatic carbocycles. The van der Waals surface area contributed by atoms with Crippen LogP contribution in [0.15, 0.2) is 30.3 Å². The summed E-state index contributed by atoms with van der Waals surface area (Å²) in [7, 11) is 0. The van der Waals surface area contributed by atoms with Crippen LogP contribution in [-0.4, -0.2) is 56.9 Å². The van der Waals surface area contributed by atoms with Crippen LogP contribution in [0.4, 0.5) is 5.95 Å². The van der Waals surface area contributed by atoms with E-state index < -0.39 is 0 Å². The van der Waals surface area contributed by atoms with Crippen molar-refractivity contribution in [2.75, 3.05) is 31.1 Å². The van der Waals surface area contributed by atoms with Crippen LogP contribution in [0.25, 0.3) is 11.0 Å². The first-order valence-corrected chi connectivity index (χ1v) is 12.0. The van der Waals surface area contributed by atoms with E-state index in [0.29, 0.717) is 18.2 Å². The maximum absolute atomic E-state index is 13.5. The first-order chi connectivity index (χ1) is 15.6. The Bertz CT molecular complexity index is 1070. The van der Waals surface area contributed by atoms with Gasteiger partial charge >= 0.3 is 0 Å². The van der Waals surface area contributed by atoms with Gasteiger partial charge in [0, 0.05) is 37.8 Å². The molecule has 0 radical (unpaired) electrons. The molecule has 2 aliphatic rings. The van der Waals surface area contributed by atoms with Gasteiger partial charge in [0.2, 0.25) is 5.95 Å². The molecule has 1 amide bonds. The Kier molecular flexibility index (Phi) is 5.81. The molecule has 1 atom stereocenters. The maximum Gasteiger partial charge on any atom is 0.272 e. The fourth-order valence-corrected chi connectivity index (χ4v) is 4.81. The van der Waals surface area contributed by atoms with Gasteiger partial charge in [-0.05, 0) is 56.2 Å². The third-order valence-corrected chi connectivity index (χ3v) is 6.69. The number of hydrogen-bond donors (Lipinski definition) is 1. The van der Waals surface area contributed by atoms with Gasteiger partial charge in [0.1, 0.15) is 11.5 Å². The predicted molar refractivity (Wildman–Crippen MR) is 126 cm³/mol. The molecule has 1 unspecified atom stereocenters. The highest BCUT2D eigenvalue weighted by molar-refractivity contribution is 5.93. The predicted octanol–water partition coefficient (Wildman–Crippen LogP) is 4.49. The van der Waals surface area contributed by atoms with Crippen molar-refractivity contribution >= 4 is 22.9 Å². The molecule has 4 heterocycles. The summed E-state index contributed by atoms with van der Waals surface area (Å²) in [6, 6.07) is 9.99. The normalized spacial score (nSPS) is 19.7. The number of fused-ring (bicyclic) bond motifs is 1. The maximum atomic E-state index is 13.5. The number of aromatic nitrogens is 4. The Morgan fingerprint density at radius 1 is 1.03 bits per heavy atom. The van der Waals surface area contributed by atoms with E-state index >= 15 is 0 Å². The van der Waals surface area contributed by atoms with Crippen molar-refractivity contribution in [2.45, 2.75) is 57.8 Å². The van der Waals surface area contributed by atoms with Crippen LogP contribution in [0.1, 0.15) is 79.8 Å². The molecular weight excluding hydrogens is 400 g/mol. The average molecular weight is 433 g/mol. The van der Waals surface area contributed by atoms with Crippen molar-refractivity contribution in [1.29, 1.82) is 0 Å².